The molecule has 3 aromatic rings. The highest BCUT2D eigenvalue weighted by Gasteiger charge is 2.43. The standard InChI is InChI=1S/C30H26ClNO5/c1-2-37-27-11-7-6-10-21(27)22-17-28(34)32(20-12-13-24(31)23(16-20)30(35)36)25-14-19(15-26(33)29(22)25)18-8-4-3-5-9-18/h3-13,16,19,22H,2,14-15,17H2,1H3,(H,35,36). The van der Waals surface area contributed by atoms with Crippen LogP contribution in [0.5, 0.6) is 5.75 Å². The van der Waals surface area contributed by atoms with E-state index in [9.17, 15) is 19.5 Å². The van der Waals surface area contributed by atoms with Gasteiger partial charge in [-0.15, -0.1) is 0 Å². The topological polar surface area (TPSA) is 83.9 Å². The smallest absolute Gasteiger partial charge is 0.337 e. The fourth-order valence-corrected chi connectivity index (χ4v) is 5.63. The lowest BCUT2D eigenvalue weighted by atomic mass is 9.72. The van der Waals surface area contributed by atoms with Gasteiger partial charge in [-0.1, -0.05) is 60.1 Å². The van der Waals surface area contributed by atoms with Gasteiger partial charge in [-0.05, 0) is 49.1 Å². The molecule has 2 atom stereocenters. The number of hydrogen-bond acceptors (Lipinski definition) is 4. The Labute approximate surface area is 220 Å². The van der Waals surface area contributed by atoms with Gasteiger partial charge >= 0.3 is 5.97 Å². The summed E-state index contributed by atoms with van der Waals surface area (Å²) in [6.07, 6.45) is 0.865. The zero-order valence-corrected chi connectivity index (χ0v) is 21.1. The second-order valence-electron chi connectivity index (χ2n) is 9.23. The first-order valence-corrected chi connectivity index (χ1v) is 12.7. The average molecular weight is 516 g/mol. The van der Waals surface area contributed by atoms with E-state index < -0.39 is 11.9 Å². The van der Waals surface area contributed by atoms with Gasteiger partial charge in [-0.3, -0.25) is 14.5 Å². The number of carboxylic acid groups (broad SMARTS) is 1. The third-order valence-corrected chi connectivity index (χ3v) is 7.36. The zero-order chi connectivity index (χ0) is 26.1. The maximum atomic E-state index is 13.8. The van der Waals surface area contributed by atoms with Gasteiger partial charge < -0.3 is 9.84 Å². The van der Waals surface area contributed by atoms with E-state index >= 15 is 0 Å². The van der Waals surface area contributed by atoms with Gasteiger partial charge in [0.2, 0.25) is 5.91 Å². The maximum Gasteiger partial charge on any atom is 0.337 e. The van der Waals surface area contributed by atoms with Crippen molar-refractivity contribution >= 4 is 34.9 Å². The molecule has 2 unspecified atom stereocenters. The predicted molar refractivity (Wildman–Crippen MR) is 141 cm³/mol. The molecule has 0 radical (unpaired) electrons. The number of Topliss-reactive ketones (excluding diaryl/α,β-unsaturated/α-hetero) is 1. The average Bonchev–Trinajstić information content (AvgIpc) is 2.89. The Kier molecular flexibility index (Phi) is 6.85. The third kappa shape index (κ3) is 4.65. The Morgan fingerprint density at radius 2 is 1.73 bits per heavy atom. The van der Waals surface area contributed by atoms with Gasteiger partial charge in [-0.2, -0.15) is 0 Å². The van der Waals surface area contributed by atoms with Crippen molar-refractivity contribution in [2.24, 2.45) is 0 Å². The number of amides is 1. The molecule has 1 aliphatic heterocycles. The van der Waals surface area contributed by atoms with Crippen LogP contribution in [0, 0.1) is 0 Å². The molecule has 3 aromatic carbocycles. The number of halogens is 1. The monoisotopic (exact) mass is 515 g/mol. The molecule has 1 heterocycles. The van der Waals surface area contributed by atoms with Crippen molar-refractivity contribution < 1.29 is 24.2 Å². The van der Waals surface area contributed by atoms with Crippen molar-refractivity contribution in [3.63, 3.8) is 0 Å². The van der Waals surface area contributed by atoms with E-state index in [0.29, 0.717) is 42.2 Å². The molecule has 1 aliphatic carbocycles. The van der Waals surface area contributed by atoms with Crippen LogP contribution in [0.3, 0.4) is 0 Å². The summed E-state index contributed by atoms with van der Waals surface area (Å²) in [6, 6.07) is 21.8. The molecule has 0 fully saturated rings. The Morgan fingerprint density at radius 3 is 2.46 bits per heavy atom. The molecule has 0 spiro atoms. The molecule has 0 bridgehead atoms. The molecule has 2 aliphatic rings. The molecule has 5 rings (SSSR count). The number of allylic oxidation sites excluding steroid dienone is 2. The third-order valence-electron chi connectivity index (χ3n) is 7.03. The number of rotatable bonds is 6. The van der Waals surface area contributed by atoms with E-state index in [-0.39, 0.29) is 34.6 Å². The summed E-state index contributed by atoms with van der Waals surface area (Å²) in [5, 5.41) is 9.71. The Morgan fingerprint density at radius 1 is 1.00 bits per heavy atom. The summed E-state index contributed by atoms with van der Waals surface area (Å²) < 4.78 is 5.86. The van der Waals surface area contributed by atoms with Crippen LogP contribution < -0.4 is 9.64 Å². The molecule has 0 aromatic heterocycles. The highest BCUT2D eigenvalue weighted by molar-refractivity contribution is 6.33. The van der Waals surface area contributed by atoms with Crippen molar-refractivity contribution in [3.8, 4) is 5.75 Å². The van der Waals surface area contributed by atoms with Gasteiger partial charge in [0, 0.05) is 41.3 Å². The fourth-order valence-electron chi connectivity index (χ4n) is 5.43. The molecule has 0 saturated heterocycles. The number of anilines is 1. The summed E-state index contributed by atoms with van der Waals surface area (Å²) in [5.74, 6) is -1.31. The van der Waals surface area contributed by atoms with Crippen LogP contribution in [0.1, 0.15) is 59.5 Å². The molecule has 1 N–H and O–H groups in total. The molecule has 188 valence electrons. The van der Waals surface area contributed by atoms with Crippen LogP contribution in [0.4, 0.5) is 5.69 Å². The number of nitrogens with zero attached hydrogens (tertiary/aromatic N) is 1. The number of carboxylic acids is 1. The minimum atomic E-state index is -1.18. The number of benzene rings is 3. The van der Waals surface area contributed by atoms with Gasteiger partial charge in [0.05, 0.1) is 17.2 Å². The number of carbonyl (C=O) groups excluding carboxylic acids is 2. The van der Waals surface area contributed by atoms with E-state index in [4.69, 9.17) is 16.3 Å². The lowest BCUT2D eigenvalue weighted by molar-refractivity contribution is -0.120. The number of carbonyl (C=O) groups is 3. The summed E-state index contributed by atoms with van der Waals surface area (Å²) >= 11 is 6.12. The van der Waals surface area contributed by atoms with E-state index in [1.165, 1.54) is 17.0 Å². The summed E-state index contributed by atoms with van der Waals surface area (Å²) in [6.45, 7) is 2.36. The molecule has 6 nitrogen and oxygen atoms in total. The maximum absolute atomic E-state index is 13.8. The minimum Gasteiger partial charge on any atom is -0.494 e. The summed E-state index contributed by atoms with van der Waals surface area (Å²) in [5.41, 5.74) is 3.31. The Hall–Kier alpha value is -3.90. The number of para-hydroxylation sites is 1. The number of aromatic carboxylic acids is 1. The van der Waals surface area contributed by atoms with Gasteiger partial charge in [-0.25, -0.2) is 4.79 Å². The molecule has 1 amide bonds. The van der Waals surface area contributed by atoms with Gasteiger partial charge in [0.1, 0.15) is 5.75 Å². The number of ketones is 1. The van der Waals surface area contributed by atoms with Gasteiger partial charge in [0.15, 0.2) is 5.78 Å². The van der Waals surface area contributed by atoms with Crippen molar-refractivity contribution in [1.29, 1.82) is 0 Å². The molecule has 0 saturated carbocycles. The molecule has 7 heteroatoms. The van der Waals surface area contributed by atoms with E-state index in [1.54, 1.807) is 6.07 Å². The van der Waals surface area contributed by atoms with Gasteiger partial charge in [0.25, 0.3) is 0 Å². The van der Waals surface area contributed by atoms with Crippen molar-refractivity contribution in [3.05, 3.63) is 106 Å². The first-order chi connectivity index (χ1) is 17.9. The highest BCUT2D eigenvalue weighted by Crippen LogP contribution is 2.48. The van der Waals surface area contributed by atoms with E-state index in [1.807, 2.05) is 61.5 Å². The predicted octanol–water partition coefficient (Wildman–Crippen LogP) is 6.36. The Balaban J connectivity index is 1.69. The lowest BCUT2D eigenvalue weighted by Crippen LogP contribution is -2.42. The number of ether oxygens (including phenoxy) is 1. The van der Waals surface area contributed by atoms with E-state index in [2.05, 4.69) is 0 Å². The van der Waals surface area contributed by atoms with E-state index in [0.717, 1.165) is 11.1 Å². The molecular formula is C30H26ClNO5. The second-order valence-corrected chi connectivity index (χ2v) is 9.63. The van der Waals surface area contributed by atoms with Crippen LogP contribution in [0.2, 0.25) is 5.02 Å². The lowest BCUT2D eigenvalue weighted by Gasteiger charge is -2.41. The van der Waals surface area contributed by atoms with Crippen LogP contribution in [-0.2, 0) is 9.59 Å². The molecular weight excluding hydrogens is 490 g/mol. The van der Waals surface area contributed by atoms with Crippen LogP contribution >= 0.6 is 11.6 Å². The van der Waals surface area contributed by atoms with Crippen LogP contribution in [0.15, 0.2) is 84.1 Å². The summed E-state index contributed by atoms with van der Waals surface area (Å²) in [4.78, 5) is 40.9. The fraction of sp³-hybridized carbons (Fsp3) is 0.233. The quantitative estimate of drug-likeness (QED) is 0.413. The minimum absolute atomic E-state index is 0.0173. The first kappa shape index (κ1) is 24.8. The first-order valence-electron chi connectivity index (χ1n) is 12.3. The second kappa shape index (κ2) is 10.2. The SMILES string of the molecule is CCOc1ccccc1C1CC(=O)N(c2ccc(Cl)c(C(=O)O)c2)C2=C1C(=O)CC(c1ccccc1)C2. The van der Waals surface area contributed by atoms with Crippen LogP contribution in [-0.4, -0.2) is 29.4 Å². The zero-order valence-electron chi connectivity index (χ0n) is 20.3. The van der Waals surface area contributed by atoms with Crippen LogP contribution in [0.25, 0.3) is 0 Å². The van der Waals surface area contributed by atoms with Crippen molar-refractivity contribution in [2.45, 2.75) is 38.0 Å². The normalized spacial score (nSPS) is 19.6. The van der Waals surface area contributed by atoms with Crippen molar-refractivity contribution in [1.82, 2.24) is 0 Å². The Bertz CT molecular complexity index is 1410. The molecule has 37 heavy (non-hydrogen) atoms. The largest absolute Gasteiger partial charge is 0.494 e. The highest BCUT2D eigenvalue weighted by atomic mass is 35.5. The van der Waals surface area contributed by atoms with Crippen molar-refractivity contribution in [2.75, 3.05) is 11.5 Å². The summed E-state index contributed by atoms with van der Waals surface area (Å²) in [7, 11) is 0. The number of hydrogen-bond donors (Lipinski definition) is 1.